The summed E-state index contributed by atoms with van der Waals surface area (Å²) in [6, 6.07) is 12.4. The molecule has 1 unspecified atom stereocenters. The van der Waals surface area contributed by atoms with Gasteiger partial charge in [-0.3, -0.25) is 4.99 Å². The maximum Gasteiger partial charge on any atom is 0.200 e. The quantitative estimate of drug-likeness (QED) is 0.461. The van der Waals surface area contributed by atoms with Gasteiger partial charge in [-0.1, -0.05) is 38.1 Å². The van der Waals surface area contributed by atoms with Crippen molar-refractivity contribution in [3.63, 3.8) is 0 Å². The lowest BCUT2D eigenvalue weighted by molar-refractivity contribution is 0.339. The number of phenols is 1. The van der Waals surface area contributed by atoms with Gasteiger partial charge in [0.05, 0.1) is 20.3 Å². The molecule has 0 radical (unpaired) electrons. The molecule has 2 aromatic carbocycles. The standard InChI is InChI=1S/C23H33N3O3/c1-15(2)11-17-7-9-19(10-8-17)16(3)26-23(24-4)25-14-18-12-20(28-5)22(27)21(13-18)29-6/h7-10,12-13,15-16,27H,11,14H2,1-6H3,(H2,24,25,26). The van der Waals surface area contributed by atoms with Gasteiger partial charge in [0.2, 0.25) is 5.75 Å². The van der Waals surface area contributed by atoms with Gasteiger partial charge in [-0.05, 0) is 48.1 Å². The molecule has 0 saturated heterocycles. The van der Waals surface area contributed by atoms with Crippen molar-refractivity contribution >= 4 is 5.96 Å². The summed E-state index contributed by atoms with van der Waals surface area (Å²) in [5.74, 6) is 2.08. The average Bonchev–Trinajstić information content (AvgIpc) is 2.71. The SMILES string of the molecule is CN=C(NCc1cc(OC)c(O)c(OC)c1)NC(C)c1ccc(CC(C)C)cc1. The molecule has 1 atom stereocenters. The van der Waals surface area contributed by atoms with Crippen molar-refractivity contribution in [2.45, 2.75) is 39.8 Å². The fraction of sp³-hybridized carbons (Fsp3) is 0.435. The summed E-state index contributed by atoms with van der Waals surface area (Å²) in [7, 11) is 4.77. The summed E-state index contributed by atoms with van der Waals surface area (Å²) in [4.78, 5) is 4.31. The maximum absolute atomic E-state index is 10.0. The van der Waals surface area contributed by atoms with E-state index in [1.54, 1.807) is 19.2 Å². The fourth-order valence-corrected chi connectivity index (χ4v) is 3.13. The van der Waals surface area contributed by atoms with Crippen LogP contribution in [0.25, 0.3) is 0 Å². The number of nitrogens with zero attached hydrogens (tertiary/aromatic N) is 1. The van der Waals surface area contributed by atoms with Gasteiger partial charge in [-0.2, -0.15) is 0 Å². The van der Waals surface area contributed by atoms with E-state index >= 15 is 0 Å². The first kappa shape index (κ1) is 22.4. The number of benzene rings is 2. The summed E-state index contributed by atoms with van der Waals surface area (Å²) in [6.45, 7) is 7.07. The first-order valence-corrected chi connectivity index (χ1v) is 9.87. The molecule has 0 saturated carbocycles. The Bertz CT molecular complexity index is 792. The number of hydrogen-bond acceptors (Lipinski definition) is 4. The topological polar surface area (TPSA) is 75.1 Å². The Morgan fingerprint density at radius 1 is 1.00 bits per heavy atom. The van der Waals surface area contributed by atoms with Gasteiger partial charge < -0.3 is 25.2 Å². The molecule has 6 heteroatoms. The average molecular weight is 400 g/mol. The van der Waals surface area contributed by atoms with Crippen molar-refractivity contribution in [3.05, 3.63) is 53.1 Å². The van der Waals surface area contributed by atoms with Crippen molar-refractivity contribution in [3.8, 4) is 17.2 Å². The van der Waals surface area contributed by atoms with Gasteiger partial charge in [-0.25, -0.2) is 0 Å². The van der Waals surface area contributed by atoms with E-state index in [4.69, 9.17) is 9.47 Å². The van der Waals surface area contributed by atoms with Crippen LogP contribution in [0.5, 0.6) is 17.2 Å². The minimum atomic E-state index is -0.00390. The van der Waals surface area contributed by atoms with Crippen LogP contribution in [0.3, 0.4) is 0 Å². The number of guanidine groups is 1. The normalized spacial score (nSPS) is 12.6. The number of aromatic hydroxyl groups is 1. The molecule has 0 aromatic heterocycles. The van der Waals surface area contributed by atoms with E-state index < -0.39 is 0 Å². The molecule has 29 heavy (non-hydrogen) atoms. The molecule has 0 bridgehead atoms. The molecule has 0 spiro atoms. The van der Waals surface area contributed by atoms with Gasteiger partial charge in [0, 0.05) is 13.6 Å². The van der Waals surface area contributed by atoms with Crippen molar-refractivity contribution in [1.82, 2.24) is 10.6 Å². The highest BCUT2D eigenvalue weighted by Gasteiger charge is 2.12. The lowest BCUT2D eigenvalue weighted by Gasteiger charge is -2.19. The van der Waals surface area contributed by atoms with Gasteiger partial charge >= 0.3 is 0 Å². The van der Waals surface area contributed by atoms with Crippen LogP contribution < -0.4 is 20.1 Å². The van der Waals surface area contributed by atoms with E-state index in [0.717, 1.165) is 12.0 Å². The molecule has 0 heterocycles. The van der Waals surface area contributed by atoms with Crippen molar-refractivity contribution in [2.24, 2.45) is 10.9 Å². The lowest BCUT2D eigenvalue weighted by Crippen LogP contribution is -2.38. The van der Waals surface area contributed by atoms with E-state index in [1.165, 1.54) is 25.3 Å². The molecule has 0 aliphatic carbocycles. The summed E-state index contributed by atoms with van der Waals surface area (Å²) >= 11 is 0. The molecular weight excluding hydrogens is 366 g/mol. The zero-order valence-electron chi connectivity index (χ0n) is 18.2. The molecule has 0 aliphatic rings. The monoisotopic (exact) mass is 399 g/mol. The van der Waals surface area contributed by atoms with E-state index in [-0.39, 0.29) is 11.8 Å². The van der Waals surface area contributed by atoms with Gasteiger partial charge in [0.1, 0.15) is 0 Å². The van der Waals surface area contributed by atoms with Gasteiger partial charge in [0.15, 0.2) is 17.5 Å². The maximum atomic E-state index is 10.0. The van der Waals surface area contributed by atoms with Crippen molar-refractivity contribution < 1.29 is 14.6 Å². The molecule has 6 nitrogen and oxygen atoms in total. The molecule has 2 rings (SSSR count). The number of nitrogens with one attached hydrogen (secondary N) is 2. The molecule has 3 N–H and O–H groups in total. The van der Waals surface area contributed by atoms with Gasteiger partial charge in [0.25, 0.3) is 0 Å². The molecule has 2 aromatic rings. The largest absolute Gasteiger partial charge is 0.502 e. The molecule has 0 amide bonds. The Kier molecular flexibility index (Phi) is 8.19. The Balaban J connectivity index is 2.00. The predicted octanol–water partition coefficient (Wildman–Crippen LogP) is 4.03. The second-order valence-corrected chi connectivity index (χ2v) is 7.48. The van der Waals surface area contributed by atoms with Crippen LogP contribution in [0.2, 0.25) is 0 Å². The first-order chi connectivity index (χ1) is 13.9. The Hall–Kier alpha value is -2.89. The minimum Gasteiger partial charge on any atom is -0.502 e. The van der Waals surface area contributed by atoms with Crippen molar-refractivity contribution in [1.29, 1.82) is 0 Å². The van der Waals surface area contributed by atoms with Crippen LogP contribution in [0.4, 0.5) is 0 Å². The number of phenolic OH excluding ortho intramolecular Hbond substituents is 1. The third kappa shape index (κ3) is 6.31. The van der Waals surface area contributed by atoms with Gasteiger partial charge in [-0.15, -0.1) is 0 Å². The predicted molar refractivity (Wildman–Crippen MR) is 118 cm³/mol. The van der Waals surface area contributed by atoms with Crippen LogP contribution in [0.15, 0.2) is 41.4 Å². The molecule has 0 aliphatic heterocycles. The molecule has 158 valence electrons. The first-order valence-electron chi connectivity index (χ1n) is 9.87. The smallest absolute Gasteiger partial charge is 0.200 e. The van der Waals surface area contributed by atoms with Crippen LogP contribution in [0.1, 0.15) is 43.5 Å². The number of rotatable bonds is 8. The fourth-order valence-electron chi connectivity index (χ4n) is 3.13. The number of aliphatic imine (C=N–C) groups is 1. The second kappa shape index (κ2) is 10.6. The second-order valence-electron chi connectivity index (χ2n) is 7.48. The van der Waals surface area contributed by atoms with E-state index in [1.807, 2.05) is 0 Å². The summed E-state index contributed by atoms with van der Waals surface area (Å²) in [6.07, 6.45) is 1.09. The number of hydrogen-bond donors (Lipinski definition) is 3. The summed E-state index contributed by atoms with van der Waals surface area (Å²) in [5.41, 5.74) is 3.47. The van der Waals surface area contributed by atoms with E-state index in [2.05, 4.69) is 60.7 Å². The highest BCUT2D eigenvalue weighted by atomic mass is 16.5. The highest BCUT2D eigenvalue weighted by molar-refractivity contribution is 5.80. The van der Waals surface area contributed by atoms with Crippen LogP contribution >= 0.6 is 0 Å². The van der Waals surface area contributed by atoms with Crippen LogP contribution in [-0.4, -0.2) is 32.3 Å². The third-order valence-corrected chi connectivity index (χ3v) is 4.70. The highest BCUT2D eigenvalue weighted by Crippen LogP contribution is 2.37. The van der Waals surface area contributed by atoms with Crippen LogP contribution in [-0.2, 0) is 13.0 Å². The minimum absolute atomic E-state index is 0.00390. The summed E-state index contributed by atoms with van der Waals surface area (Å²) in [5, 5.41) is 16.7. The van der Waals surface area contributed by atoms with Crippen molar-refractivity contribution in [2.75, 3.05) is 21.3 Å². The number of ether oxygens (including phenoxy) is 2. The Morgan fingerprint density at radius 3 is 2.07 bits per heavy atom. The Labute approximate surface area is 174 Å². The van der Waals surface area contributed by atoms with E-state index in [0.29, 0.717) is 29.9 Å². The zero-order valence-corrected chi connectivity index (χ0v) is 18.2. The molecule has 0 fully saturated rings. The zero-order chi connectivity index (χ0) is 21.4. The lowest BCUT2D eigenvalue weighted by atomic mass is 10.00. The third-order valence-electron chi connectivity index (χ3n) is 4.70. The van der Waals surface area contributed by atoms with Crippen LogP contribution in [0, 0.1) is 5.92 Å². The Morgan fingerprint density at radius 2 is 1.59 bits per heavy atom. The number of methoxy groups -OCH3 is 2. The summed E-state index contributed by atoms with van der Waals surface area (Å²) < 4.78 is 10.4. The van der Waals surface area contributed by atoms with E-state index in [9.17, 15) is 5.11 Å². The molecular formula is C23H33N3O3.